The third kappa shape index (κ3) is 5.07. The Hall–Kier alpha value is -2.02. The van der Waals surface area contributed by atoms with Crippen LogP contribution in [0.15, 0.2) is 11.3 Å². The van der Waals surface area contributed by atoms with Crippen molar-refractivity contribution in [2.24, 2.45) is 23.7 Å². The van der Waals surface area contributed by atoms with Gasteiger partial charge in [-0.25, -0.2) is 0 Å². The molecule has 0 fully saturated rings. The monoisotopic (exact) mass is 396 g/mol. The summed E-state index contributed by atoms with van der Waals surface area (Å²) >= 11 is 0. The Morgan fingerprint density at radius 3 is 2.07 bits per heavy atom. The first-order valence-electron chi connectivity index (χ1n) is 9.83. The van der Waals surface area contributed by atoms with E-state index in [1.54, 1.807) is 13.8 Å². The molecule has 0 spiro atoms. The number of ketones is 3. The summed E-state index contributed by atoms with van der Waals surface area (Å²) in [6.07, 6.45) is 0.337. The van der Waals surface area contributed by atoms with Gasteiger partial charge in [0, 0.05) is 12.8 Å². The molecule has 158 valence electrons. The minimum Gasteiger partial charge on any atom is -0.508 e. The highest BCUT2D eigenvalue weighted by atomic mass is 16.4. The van der Waals surface area contributed by atoms with E-state index in [9.17, 15) is 29.4 Å². The van der Waals surface area contributed by atoms with Gasteiger partial charge in [-0.3, -0.25) is 19.2 Å². The van der Waals surface area contributed by atoms with Crippen LogP contribution in [0.25, 0.3) is 0 Å². The molecule has 0 aliphatic heterocycles. The van der Waals surface area contributed by atoms with Gasteiger partial charge in [0.05, 0.1) is 11.8 Å². The Labute approximate surface area is 165 Å². The molecule has 28 heavy (non-hydrogen) atoms. The lowest BCUT2D eigenvalue weighted by Gasteiger charge is -2.28. The molecule has 0 aromatic carbocycles. The van der Waals surface area contributed by atoms with E-state index in [0.29, 0.717) is 6.42 Å². The average Bonchev–Trinajstić information content (AvgIpc) is 2.76. The summed E-state index contributed by atoms with van der Waals surface area (Å²) in [6.45, 7) is 8.86. The summed E-state index contributed by atoms with van der Waals surface area (Å²) in [7, 11) is 0. The first-order chi connectivity index (χ1) is 12.8. The maximum Gasteiger partial charge on any atom is 0.306 e. The molecule has 0 amide bonds. The maximum absolute atomic E-state index is 12.9. The largest absolute Gasteiger partial charge is 0.508 e. The third-order valence-corrected chi connectivity index (χ3v) is 5.22. The van der Waals surface area contributed by atoms with Crippen LogP contribution in [0.5, 0.6) is 0 Å². The Morgan fingerprint density at radius 1 is 1.04 bits per heavy atom. The fraction of sp³-hybridized carbons (Fsp3) is 0.714. The summed E-state index contributed by atoms with van der Waals surface area (Å²) in [5, 5.41) is 30.7. The van der Waals surface area contributed by atoms with Gasteiger partial charge in [0.15, 0.2) is 23.0 Å². The molecule has 0 saturated carbocycles. The highest BCUT2D eigenvalue weighted by molar-refractivity contribution is 6.25. The van der Waals surface area contributed by atoms with Gasteiger partial charge in [-0.1, -0.05) is 41.0 Å². The number of aliphatic hydroxyl groups is 2. The van der Waals surface area contributed by atoms with Crippen molar-refractivity contribution in [1.29, 1.82) is 0 Å². The number of hydrogen-bond donors (Lipinski definition) is 3. The van der Waals surface area contributed by atoms with E-state index >= 15 is 0 Å². The van der Waals surface area contributed by atoms with Crippen molar-refractivity contribution >= 4 is 23.3 Å². The number of aliphatic hydroxyl groups excluding tert-OH is 1. The molecular formula is C21H32O7. The predicted molar refractivity (Wildman–Crippen MR) is 103 cm³/mol. The fourth-order valence-corrected chi connectivity index (χ4v) is 3.41. The molecular weight excluding hydrogens is 364 g/mol. The number of rotatable bonds is 11. The normalized spacial score (nSPS) is 23.6. The van der Waals surface area contributed by atoms with E-state index in [-0.39, 0.29) is 37.5 Å². The van der Waals surface area contributed by atoms with Gasteiger partial charge in [-0.05, 0) is 24.7 Å². The van der Waals surface area contributed by atoms with Crippen molar-refractivity contribution in [2.75, 3.05) is 0 Å². The highest BCUT2D eigenvalue weighted by Crippen LogP contribution is 2.42. The number of carbonyl (C=O) groups excluding carboxylic acids is 3. The minimum absolute atomic E-state index is 0.0162. The Kier molecular flexibility index (Phi) is 8.11. The van der Waals surface area contributed by atoms with E-state index < -0.39 is 52.1 Å². The van der Waals surface area contributed by atoms with E-state index in [1.807, 2.05) is 13.8 Å². The van der Waals surface area contributed by atoms with Crippen LogP contribution in [0.2, 0.25) is 0 Å². The van der Waals surface area contributed by atoms with Crippen LogP contribution in [0, 0.1) is 23.7 Å². The Morgan fingerprint density at radius 2 is 1.61 bits per heavy atom. The lowest BCUT2D eigenvalue weighted by Crippen LogP contribution is -2.47. The summed E-state index contributed by atoms with van der Waals surface area (Å²) in [5.41, 5.74) is -2.95. The van der Waals surface area contributed by atoms with E-state index in [1.165, 1.54) is 6.92 Å². The molecule has 0 aromatic rings. The number of hydrogen-bond acceptors (Lipinski definition) is 6. The second-order valence-electron chi connectivity index (χ2n) is 8.60. The van der Waals surface area contributed by atoms with Gasteiger partial charge >= 0.3 is 5.97 Å². The van der Waals surface area contributed by atoms with Crippen molar-refractivity contribution in [2.45, 2.75) is 72.3 Å². The Balaban J connectivity index is 3.25. The van der Waals surface area contributed by atoms with Crippen LogP contribution < -0.4 is 0 Å². The molecule has 1 rings (SSSR count). The van der Waals surface area contributed by atoms with Crippen molar-refractivity contribution in [1.82, 2.24) is 0 Å². The molecule has 1 aliphatic rings. The topological polar surface area (TPSA) is 129 Å². The second kappa shape index (κ2) is 9.45. The number of allylic oxidation sites excluding steroid dienone is 1. The molecule has 0 aromatic heterocycles. The van der Waals surface area contributed by atoms with Gasteiger partial charge in [0.1, 0.15) is 11.3 Å². The van der Waals surface area contributed by atoms with Gasteiger partial charge in [-0.2, -0.15) is 0 Å². The van der Waals surface area contributed by atoms with E-state index in [2.05, 4.69) is 0 Å². The smallest absolute Gasteiger partial charge is 0.306 e. The van der Waals surface area contributed by atoms with Crippen LogP contribution >= 0.6 is 0 Å². The standard InChI is InChI=1S/C21H32O7/c1-11(2)6-8-14-18(24)17(15(22)10-12(3)4)19(25)21(14,28)16(23)9-7-13(5)20(26)27/h11-14,25,28H,6-10H2,1-5H3,(H,26,27)/t13?,14-,21-/m0/s1. The van der Waals surface area contributed by atoms with Crippen LogP contribution in [-0.2, 0) is 19.2 Å². The average molecular weight is 396 g/mol. The van der Waals surface area contributed by atoms with Gasteiger partial charge in [0.25, 0.3) is 0 Å². The van der Waals surface area contributed by atoms with Crippen LogP contribution in [-0.4, -0.2) is 44.2 Å². The SMILES string of the molecule is CC(C)CC[C@H]1C(=O)C(C(=O)CC(C)C)=C(O)[C@@]1(O)C(=O)CCC(C)C(=O)O. The second-order valence-corrected chi connectivity index (χ2v) is 8.60. The first-order valence-corrected chi connectivity index (χ1v) is 9.83. The number of Topliss-reactive ketones (excluding diaryl/α,β-unsaturated/α-hetero) is 3. The lowest BCUT2D eigenvalue weighted by atomic mass is 9.79. The zero-order chi connectivity index (χ0) is 21.8. The van der Waals surface area contributed by atoms with Crippen molar-refractivity contribution in [3.05, 3.63) is 11.3 Å². The van der Waals surface area contributed by atoms with Gasteiger partial charge < -0.3 is 15.3 Å². The van der Waals surface area contributed by atoms with Crippen LogP contribution in [0.4, 0.5) is 0 Å². The molecule has 3 N–H and O–H groups in total. The summed E-state index contributed by atoms with van der Waals surface area (Å²) in [5.74, 6) is -5.97. The molecule has 0 saturated heterocycles. The van der Waals surface area contributed by atoms with Crippen molar-refractivity contribution in [3.63, 3.8) is 0 Å². The van der Waals surface area contributed by atoms with E-state index in [4.69, 9.17) is 5.11 Å². The number of aliphatic carboxylic acids is 1. The Bertz CT molecular complexity index is 674. The fourth-order valence-electron chi connectivity index (χ4n) is 3.41. The summed E-state index contributed by atoms with van der Waals surface area (Å²) in [4.78, 5) is 49.1. The number of carbonyl (C=O) groups is 4. The van der Waals surface area contributed by atoms with Crippen LogP contribution in [0.3, 0.4) is 0 Å². The van der Waals surface area contributed by atoms with Crippen molar-refractivity contribution < 1.29 is 34.5 Å². The molecule has 0 radical (unpaired) electrons. The third-order valence-electron chi connectivity index (χ3n) is 5.22. The van der Waals surface area contributed by atoms with Gasteiger partial charge in [0.2, 0.25) is 0 Å². The maximum atomic E-state index is 12.9. The zero-order valence-electron chi connectivity index (χ0n) is 17.3. The molecule has 7 nitrogen and oxygen atoms in total. The molecule has 0 bridgehead atoms. The van der Waals surface area contributed by atoms with Crippen LogP contribution in [0.1, 0.15) is 66.7 Å². The first kappa shape index (κ1) is 24.0. The van der Waals surface area contributed by atoms with E-state index in [0.717, 1.165) is 0 Å². The number of carboxylic acids is 1. The molecule has 7 heteroatoms. The quantitative estimate of drug-likeness (QED) is 0.458. The highest BCUT2D eigenvalue weighted by Gasteiger charge is 2.58. The zero-order valence-corrected chi connectivity index (χ0v) is 17.3. The summed E-state index contributed by atoms with van der Waals surface area (Å²) < 4.78 is 0. The van der Waals surface area contributed by atoms with Crippen molar-refractivity contribution in [3.8, 4) is 0 Å². The predicted octanol–water partition coefficient (Wildman–Crippen LogP) is 2.85. The summed E-state index contributed by atoms with van der Waals surface area (Å²) in [6, 6.07) is 0. The molecule has 1 aliphatic carbocycles. The van der Waals surface area contributed by atoms with Gasteiger partial charge in [-0.15, -0.1) is 0 Å². The molecule has 1 unspecified atom stereocenters. The minimum atomic E-state index is -2.47. The lowest BCUT2D eigenvalue weighted by molar-refractivity contribution is -0.147. The molecule has 3 atom stereocenters. The number of carboxylic acid groups (broad SMARTS) is 1. The molecule has 0 heterocycles.